The second kappa shape index (κ2) is 32.2. The van der Waals surface area contributed by atoms with Crippen LogP contribution in [0.4, 0.5) is 72.6 Å². The van der Waals surface area contributed by atoms with E-state index in [9.17, 15) is 0 Å². The molecule has 2 aliphatic heterocycles. The Morgan fingerprint density at radius 1 is 0.200 bits per heavy atom. The molecule has 8 heteroatoms. The molecule has 23 aromatic carbocycles. The predicted molar refractivity (Wildman–Crippen MR) is 581 cm³/mol. The van der Waals surface area contributed by atoms with Crippen molar-refractivity contribution in [3.05, 3.63) is 495 Å². The Kier molecular flexibility index (Phi) is 18.8. The van der Waals surface area contributed by atoms with E-state index in [4.69, 9.17) is 13.9 Å². The average molecular weight is 1800 g/mol. The van der Waals surface area contributed by atoms with E-state index in [1.807, 2.05) is 72.8 Å². The Hall–Kier alpha value is -17.9. The number of benzene rings is 23. The van der Waals surface area contributed by atoms with Gasteiger partial charge in [0.2, 0.25) is 0 Å². The lowest BCUT2D eigenvalue weighted by atomic mass is 9.82. The topological polar surface area (TPSA) is 44.6 Å². The predicted octanol–water partition coefficient (Wildman–Crippen LogP) is 37.7. The Balaban J connectivity index is 0.000000141. The molecule has 0 bridgehead atoms. The van der Waals surface area contributed by atoms with Crippen LogP contribution >= 0.6 is 0 Å². The quantitative estimate of drug-likeness (QED) is 0.101. The maximum absolute atomic E-state index is 17.7. The summed E-state index contributed by atoms with van der Waals surface area (Å²) in [7, 11) is 0. The lowest BCUT2D eigenvalue weighted by Crippen LogP contribution is -2.16. The zero-order valence-electron chi connectivity index (χ0n) is 77.3. The molecule has 7 nitrogen and oxygen atoms in total. The Bertz CT molecular complexity index is 9220. The van der Waals surface area contributed by atoms with E-state index < -0.39 is 0 Å². The molecule has 0 saturated carbocycles. The molecule has 4 aliphatic rings. The first-order valence-electron chi connectivity index (χ1n) is 48.1. The molecule has 0 radical (unpaired) electrons. The average Bonchev–Trinajstić information content (AvgIpc) is 1.11. The zero-order valence-corrected chi connectivity index (χ0v) is 77.3. The van der Waals surface area contributed by atoms with Crippen LogP contribution in [-0.4, -0.2) is 0 Å². The number of anilines is 12. The minimum atomic E-state index is -0.314. The molecule has 2 aliphatic carbocycles. The van der Waals surface area contributed by atoms with Crippen LogP contribution in [0.2, 0.25) is 0 Å². The van der Waals surface area contributed by atoms with E-state index in [2.05, 4.69) is 436 Å². The van der Waals surface area contributed by atoms with E-state index in [1.54, 1.807) is 6.07 Å². The molecule has 662 valence electrons. The van der Waals surface area contributed by atoms with Crippen molar-refractivity contribution in [1.29, 1.82) is 0 Å². The van der Waals surface area contributed by atoms with Crippen molar-refractivity contribution in [2.75, 3.05) is 19.6 Å². The Morgan fingerprint density at radius 2 is 0.564 bits per heavy atom. The minimum absolute atomic E-state index is 0.123. The molecular formula is C132H89FN4O3. The van der Waals surface area contributed by atoms with Gasteiger partial charge in [0.05, 0.1) is 22.7 Å². The van der Waals surface area contributed by atoms with Gasteiger partial charge < -0.3 is 33.5 Å². The maximum atomic E-state index is 17.7. The summed E-state index contributed by atoms with van der Waals surface area (Å²) < 4.78 is 38.5. The summed E-state index contributed by atoms with van der Waals surface area (Å²) in [5, 5.41) is 15.5. The lowest BCUT2D eigenvalue weighted by molar-refractivity contribution is 0.487. The molecular weight excluding hydrogens is 1710 g/mol. The SMILES string of the molecule is CC1(C)c2ccccc2-c2ccc(N(c3ccccc3)c3ccc4c(c3)Oc3cccc5c3c-4cc3c4ccccc4c(N(c4ccccc4)c4c(F)cc(-c6ccccc6)cc4-c4ccccc4)cc53)cc21.CC1(C)c2ccccc2-c2ccc(N(c3ccccc3)c3ccc4c(c3)Oc3cccc5c3c-4cc3c4ccccc4c(N(c4ccccc4)c4cccc6c4oc4ccccc46)cc53)cc21. The molecule has 1 aromatic heterocycles. The van der Waals surface area contributed by atoms with Gasteiger partial charge in [0.1, 0.15) is 34.4 Å². The highest BCUT2D eigenvalue weighted by molar-refractivity contribution is 6.28. The molecule has 0 amide bonds. The normalized spacial score (nSPS) is 13.0. The molecule has 24 aromatic rings. The van der Waals surface area contributed by atoms with Crippen LogP contribution in [0, 0.1) is 5.82 Å². The smallest absolute Gasteiger partial charge is 0.159 e. The fourth-order valence-electron chi connectivity index (χ4n) is 23.2. The molecule has 28 rings (SSSR count). The number of para-hydroxylation sites is 6. The van der Waals surface area contributed by atoms with Crippen molar-refractivity contribution in [2.45, 2.75) is 38.5 Å². The van der Waals surface area contributed by atoms with Crippen LogP contribution in [0.5, 0.6) is 23.0 Å². The lowest BCUT2D eigenvalue weighted by Gasteiger charge is -2.31. The number of hydrogen-bond donors (Lipinski definition) is 0. The maximum Gasteiger partial charge on any atom is 0.159 e. The number of rotatable bonds is 14. The van der Waals surface area contributed by atoms with Gasteiger partial charge in [0.25, 0.3) is 0 Å². The molecule has 0 atom stereocenters. The van der Waals surface area contributed by atoms with Crippen LogP contribution < -0.4 is 29.1 Å². The monoisotopic (exact) mass is 1800 g/mol. The third-order valence-corrected chi connectivity index (χ3v) is 29.6. The molecule has 0 unspecified atom stereocenters. The van der Waals surface area contributed by atoms with Gasteiger partial charge >= 0.3 is 0 Å². The van der Waals surface area contributed by atoms with Gasteiger partial charge in [-0.2, -0.15) is 0 Å². The first-order valence-corrected chi connectivity index (χ1v) is 48.1. The summed E-state index contributed by atoms with van der Waals surface area (Å²) in [6.07, 6.45) is 0. The van der Waals surface area contributed by atoms with E-state index in [0.29, 0.717) is 5.69 Å². The van der Waals surface area contributed by atoms with Crippen molar-refractivity contribution in [3.63, 3.8) is 0 Å². The van der Waals surface area contributed by atoms with Gasteiger partial charge in [-0.3, -0.25) is 0 Å². The molecule has 140 heavy (non-hydrogen) atoms. The molecule has 3 heterocycles. The van der Waals surface area contributed by atoms with Gasteiger partial charge in [0.15, 0.2) is 5.58 Å². The highest BCUT2D eigenvalue weighted by Crippen LogP contribution is 2.60. The number of hydrogen-bond acceptors (Lipinski definition) is 7. The van der Waals surface area contributed by atoms with Gasteiger partial charge in [-0.15, -0.1) is 0 Å². The molecule has 0 saturated heterocycles. The Labute approximate surface area is 810 Å². The second-order valence-electron chi connectivity index (χ2n) is 38.2. The fraction of sp³-hybridized carbons (Fsp3) is 0.0455. The Morgan fingerprint density at radius 3 is 1.06 bits per heavy atom. The first kappa shape index (κ1) is 81.7. The number of furan rings is 1. The summed E-state index contributed by atoms with van der Waals surface area (Å²) in [5.41, 5.74) is 31.6. The highest BCUT2D eigenvalue weighted by atomic mass is 19.1. The third kappa shape index (κ3) is 12.9. The van der Waals surface area contributed by atoms with Crippen molar-refractivity contribution in [1.82, 2.24) is 0 Å². The van der Waals surface area contributed by atoms with Gasteiger partial charge in [-0.1, -0.05) is 325 Å². The van der Waals surface area contributed by atoms with Gasteiger partial charge in [0, 0.05) is 117 Å². The van der Waals surface area contributed by atoms with Crippen LogP contribution in [0.1, 0.15) is 49.9 Å². The minimum Gasteiger partial charge on any atom is -0.456 e. The van der Waals surface area contributed by atoms with E-state index in [1.165, 1.54) is 60.8 Å². The first-order chi connectivity index (χ1) is 68.9. The van der Waals surface area contributed by atoms with Crippen LogP contribution in [0.25, 0.3) is 153 Å². The summed E-state index contributed by atoms with van der Waals surface area (Å²) in [4.78, 5) is 9.19. The number of halogens is 1. The molecule has 0 spiro atoms. The van der Waals surface area contributed by atoms with Crippen LogP contribution in [0.3, 0.4) is 0 Å². The van der Waals surface area contributed by atoms with Gasteiger partial charge in [-0.25, -0.2) is 4.39 Å². The standard InChI is InChI=1S/C69H47FN2O.C63H42N2O2/c1-69(2)61-32-18-17-29-52(61)53-36-34-49(40-62(53)69)71(47-24-11-5-12-25-47)50-35-37-55-60-42-58-51-28-15-16-30-54(51)64(43-59(58)56-31-19-33-65(67(56)60)73-66(55)41-50)72(48-26-13-6-14-27-48)68-57(45-22-9-4-10-23-45)38-46(39-63(68)70)44-20-7-3-8-21-44;1-63(2)54-27-13-11-22-44(54)45-33-31-41(35-55(45)63)64(39-17-5-3-6-18-39)42-32-34-48-53-37-51-43-21-9-10-23-46(43)57(38-52(51)49-25-16-30-59(61(49)53)66-60(48)36-42)65(40-19-7-4-8-20-40)56-28-15-26-50-47-24-12-14-29-58(47)67-62(50)56/h3-43H,1-2H3;3-38H,1-2H3. The number of ether oxygens (including phenoxy) is 2. The van der Waals surface area contributed by atoms with Crippen molar-refractivity contribution in [2.24, 2.45) is 0 Å². The summed E-state index contributed by atoms with van der Waals surface area (Å²) in [5.74, 6) is 2.97. The highest BCUT2D eigenvalue weighted by Gasteiger charge is 2.40. The largest absolute Gasteiger partial charge is 0.456 e. The second-order valence-corrected chi connectivity index (χ2v) is 38.2. The van der Waals surface area contributed by atoms with Crippen LogP contribution in [-0.2, 0) is 10.8 Å². The van der Waals surface area contributed by atoms with Crippen LogP contribution in [0.15, 0.2) is 472 Å². The zero-order chi connectivity index (χ0) is 93.2. The molecule has 0 fully saturated rings. The van der Waals surface area contributed by atoms with Crippen molar-refractivity contribution in [3.8, 4) is 89.8 Å². The summed E-state index contributed by atoms with van der Waals surface area (Å²) in [6.45, 7) is 9.35. The van der Waals surface area contributed by atoms with E-state index in [0.717, 1.165) is 200 Å². The van der Waals surface area contributed by atoms with E-state index >= 15 is 4.39 Å². The van der Waals surface area contributed by atoms with Crippen molar-refractivity contribution < 1.29 is 18.3 Å². The van der Waals surface area contributed by atoms with Gasteiger partial charge in [-0.05, 0) is 273 Å². The fourth-order valence-corrected chi connectivity index (χ4v) is 23.2. The number of nitrogens with zero attached hydrogens (tertiary/aromatic N) is 4. The summed E-state index contributed by atoms with van der Waals surface area (Å²) >= 11 is 0. The van der Waals surface area contributed by atoms with E-state index in [-0.39, 0.29) is 16.6 Å². The molecule has 0 N–H and O–H groups in total. The number of fused-ring (bicyclic) bond motifs is 21. The summed E-state index contributed by atoms with van der Waals surface area (Å²) in [6, 6.07) is 165. The van der Waals surface area contributed by atoms with Crippen molar-refractivity contribution >= 4 is 155 Å². The third-order valence-electron chi connectivity index (χ3n) is 29.6.